The number of likely N-dealkylation sites (tertiary alicyclic amines) is 1. The lowest BCUT2D eigenvalue weighted by Crippen LogP contribution is -2.39. The zero-order valence-corrected chi connectivity index (χ0v) is 12.3. The van der Waals surface area contributed by atoms with Gasteiger partial charge >= 0.3 is 0 Å². The fraction of sp³-hybridized carbons (Fsp3) is 0.600. The molecule has 1 aromatic rings. The van der Waals surface area contributed by atoms with Crippen molar-refractivity contribution in [3.8, 4) is 0 Å². The van der Waals surface area contributed by atoms with Gasteiger partial charge in [-0.15, -0.1) is 0 Å². The van der Waals surface area contributed by atoms with Gasteiger partial charge in [-0.25, -0.2) is 9.37 Å². The summed E-state index contributed by atoms with van der Waals surface area (Å²) in [6.07, 6.45) is 3.16. The standard InChI is InChI=1S/C15H22FN3O/c1-4-17-14-12(8-11(16)9-18-14)15(20)19-7-5-6-13(19)10(2)3/h8-10,13H,4-7H2,1-3H3,(H,17,18). The van der Waals surface area contributed by atoms with Crippen LogP contribution >= 0.6 is 0 Å². The highest BCUT2D eigenvalue weighted by Crippen LogP contribution is 2.27. The van der Waals surface area contributed by atoms with Crippen LogP contribution in [0.2, 0.25) is 0 Å². The summed E-state index contributed by atoms with van der Waals surface area (Å²) >= 11 is 0. The average molecular weight is 279 g/mol. The van der Waals surface area contributed by atoms with E-state index in [0.717, 1.165) is 25.6 Å². The molecule has 0 aliphatic carbocycles. The highest BCUT2D eigenvalue weighted by Gasteiger charge is 2.32. The average Bonchev–Trinajstić information content (AvgIpc) is 2.89. The number of anilines is 1. The van der Waals surface area contributed by atoms with Crippen LogP contribution in [0.4, 0.5) is 10.2 Å². The number of halogens is 1. The fourth-order valence-corrected chi connectivity index (χ4v) is 2.80. The predicted octanol–water partition coefficient (Wildman–Crippen LogP) is 2.91. The second-order valence-electron chi connectivity index (χ2n) is 5.53. The molecule has 0 radical (unpaired) electrons. The van der Waals surface area contributed by atoms with Crippen molar-refractivity contribution in [2.45, 2.75) is 39.7 Å². The molecule has 0 aromatic carbocycles. The molecule has 1 saturated heterocycles. The Morgan fingerprint density at radius 1 is 1.60 bits per heavy atom. The van der Waals surface area contributed by atoms with Crippen LogP contribution < -0.4 is 5.32 Å². The summed E-state index contributed by atoms with van der Waals surface area (Å²) < 4.78 is 13.4. The van der Waals surface area contributed by atoms with E-state index >= 15 is 0 Å². The van der Waals surface area contributed by atoms with E-state index in [1.54, 1.807) is 0 Å². The van der Waals surface area contributed by atoms with Crippen LogP contribution in [0.25, 0.3) is 0 Å². The van der Waals surface area contributed by atoms with Gasteiger partial charge in [0.15, 0.2) is 0 Å². The number of pyridine rings is 1. The summed E-state index contributed by atoms with van der Waals surface area (Å²) in [5, 5.41) is 3.03. The molecule has 1 N–H and O–H groups in total. The minimum atomic E-state index is -0.477. The molecule has 5 heteroatoms. The smallest absolute Gasteiger partial charge is 0.257 e. The van der Waals surface area contributed by atoms with Crippen LogP contribution in [0.3, 0.4) is 0 Å². The molecule has 20 heavy (non-hydrogen) atoms. The zero-order valence-electron chi connectivity index (χ0n) is 12.3. The first-order valence-electron chi connectivity index (χ1n) is 7.25. The van der Waals surface area contributed by atoms with Gasteiger partial charge in [-0.2, -0.15) is 0 Å². The first-order chi connectivity index (χ1) is 9.54. The minimum Gasteiger partial charge on any atom is -0.370 e. The van der Waals surface area contributed by atoms with Crippen LogP contribution in [-0.4, -0.2) is 34.9 Å². The highest BCUT2D eigenvalue weighted by atomic mass is 19.1. The summed E-state index contributed by atoms with van der Waals surface area (Å²) in [6.45, 7) is 7.54. The van der Waals surface area contributed by atoms with E-state index in [9.17, 15) is 9.18 Å². The van der Waals surface area contributed by atoms with Crippen molar-refractivity contribution in [3.63, 3.8) is 0 Å². The molecule has 0 bridgehead atoms. The minimum absolute atomic E-state index is 0.121. The van der Waals surface area contributed by atoms with E-state index in [1.807, 2.05) is 11.8 Å². The highest BCUT2D eigenvalue weighted by molar-refractivity contribution is 5.99. The zero-order chi connectivity index (χ0) is 14.7. The summed E-state index contributed by atoms with van der Waals surface area (Å²) in [5.74, 6) is 0.276. The van der Waals surface area contributed by atoms with Gasteiger partial charge in [0, 0.05) is 19.1 Å². The predicted molar refractivity (Wildman–Crippen MR) is 77.3 cm³/mol. The topological polar surface area (TPSA) is 45.2 Å². The quantitative estimate of drug-likeness (QED) is 0.921. The first-order valence-corrected chi connectivity index (χ1v) is 7.25. The number of carbonyl (C=O) groups excluding carboxylic acids is 1. The maximum Gasteiger partial charge on any atom is 0.257 e. The Morgan fingerprint density at radius 3 is 3.00 bits per heavy atom. The Bertz CT molecular complexity index is 490. The van der Waals surface area contributed by atoms with Gasteiger partial charge in [0.25, 0.3) is 5.91 Å². The van der Waals surface area contributed by atoms with E-state index < -0.39 is 5.82 Å². The Balaban J connectivity index is 2.30. The Hall–Kier alpha value is -1.65. The molecule has 4 nitrogen and oxygen atoms in total. The number of amides is 1. The molecular weight excluding hydrogens is 257 g/mol. The molecule has 1 amide bonds. The Morgan fingerprint density at radius 2 is 2.35 bits per heavy atom. The summed E-state index contributed by atoms with van der Waals surface area (Å²) in [7, 11) is 0. The molecular formula is C15H22FN3O. The molecule has 110 valence electrons. The van der Waals surface area contributed by atoms with Crippen molar-refractivity contribution in [2.75, 3.05) is 18.4 Å². The molecule has 1 atom stereocenters. The molecule has 1 unspecified atom stereocenters. The number of aromatic nitrogens is 1. The van der Waals surface area contributed by atoms with E-state index in [2.05, 4.69) is 24.1 Å². The molecule has 1 aliphatic rings. The van der Waals surface area contributed by atoms with Crippen molar-refractivity contribution in [3.05, 3.63) is 23.6 Å². The number of nitrogens with zero attached hydrogens (tertiary/aromatic N) is 2. The van der Waals surface area contributed by atoms with Crippen molar-refractivity contribution in [2.24, 2.45) is 5.92 Å². The molecule has 0 saturated carbocycles. The lowest BCUT2D eigenvalue weighted by atomic mass is 10.0. The SMILES string of the molecule is CCNc1ncc(F)cc1C(=O)N1CCCC1C(C)C. The normalized spacial score (nSPS) is 18.6. The third-order valence-corrected chi connectivity index (χ3v) is 3.76. The lowest BCUT2D eigenvalue weighted by molar-refractivity contribution is 0.0701. The van der Waals surface area contributed by atoms with Crippen LogP contribution in [0, 0.1) is 11.7 Å². The van der Waals surface area contributed by atoms with Crippen LogP contribution in [0.1, 0.15) is 44.0 Å². The van der Waals surface area contributed by atoms with Gasteiger partial charge in [0.1, 0.15) is 11.6 Å². The number of hydrogen-bond donors (Lipinski definition) is 1. The van der Waals surface area contributed by atoms with Crippen molar-refractivity contribution < 1.29 is 9.18 Å². The second kappa shape index (κ2) is 6.20. The van der Waals surface area contributed by atoms with Crippen molar-refractivity contribution >= 4 is 11.7 Å². The van der Waals surface area contributed by atoms with E-state index in [0.29, 0.717) is 23.8 Å². The Labute approximate surface area is 119 Å². The third kappa shape index (κ3) is 2.92. The van der Waals surface area contributed by atoms with Gasteiger partial charge in [0.2, 0.25) is 0 Å². The lowest BCUT2D eigenvalue weighted by Gasteiger charge is -2.28. The molecule has 1 fully saturated rings. The van der Waals surface area contributed by atoms with E-state index in [4.69, 9.17) is 0 Å². The van der Waals surface area contributed by atoms with E-state index in [-0.39, 0.29) is 11.9 Å². The third-order valence-electron chi connectivity index (χ3n) is 3.76. The van der Waals surface area contributed by atoms with Gasteiger partial charge in [0.05, 0.1) is 11.8 Å². The van der Waals surface area contributed by atoms with Crippen molar-refractivity contribution in [1.29, 1.82) is 0 Å². The second-order valence-corrected chi connectivity index (χ2v) is 5.53. The molecule has 2 heterocycles. The fourth-order valence-electron chi connectivity index (χ4n) is 2.80. The summed E-state index contributed by atoms with van der Waals surface area (Å²) in [4.78, 5) is 18.5. The van der Waals surface area contributed by atoms with Gasteiger partial charge in [-0.05, 0) is 31.7 Å². The molecule has 1 aromatic heterocycles. The molecule has 1 aliphatic heterocycles. The Kier molecular flexibility index (Phi) is 4.57. The largest absolute Gasteiger partial charge is 0.370 e. The molecule has 2 rings (SSSR count). The van der Waals surface area contributed by atoms with Crippen LogP contribution in [0.15, 0.2) is 12.3 Å². The van der Waals surface area contributed by atoms with Crippen LogP contribution in [-0.2, 0) is 0 Å². The summed E-state index contributed by atoms with van der Waals surface area (Å²) in [5.41, 5.74) is 0.333. The summed E-state index contributed by atoms with van der Waals surface area (Å²) in [6, 6.07) is 1.52. The van der Waals surface area contributed by atoms with Crippen LogP contribution in [0.5, 0.6) is 0 Å². The maximum absolute atomic E-state index is 13.4. The molecule has 0 spiro atoms. The van der Waals surface area contributed by atoms with Crippen molar-refractivity contribution in [1.82, 2.24) is 9.88 Å². The maximum atomic E-state index is 13.4. The van der Waals surface area contributed by atoms with Gasteiger partial charge < -0.3 is 10.2 Å². The number of rotatable bonds is 4. The van der Waals surface area contributed by atoms with Gasteiger partial charge in [-0.1, -0.05) is 13.8 Å². The number of carbonyl (C=O) groups is 1. The first kappa shape index (κ1) is 14.8. The van der Waals surface area contributed by atoms with E-state index in [1.165, 1.54) is 6.07 Å². The van der Waals surface area contributed by atoms with Gasteiger partial charge in [-0.3, -0.25) is 4.79 Å². The number of hydrogen-bond acceptors (Lipinski definition) is 3. The number of nitrogens with one attached hydrogen (secondary N) is 1. The monoisotopic (exact) mass is 279 g/mol.